The highest BCUT2D eigenvalue weighted by Gasteiger charge is 2.37. The molecule has 0 saturated heterocycles. The van der Waals surface area contributed by atoms with Gasteiger partial charge in [0.2, 0.25) is 0 Å². The lowest BCUT2D eigenvalue weighted by atomic mass is 9.80. The molecule has 6 aromatic rings. The molecule has 0 atom stereocenters. The monoisotopic (exact) mass is 684 g/mol. The van der Waals surface area contributed by atoms with Crippen LogP contribution in [0.1, 0.15) is 73.9 Å². The second-order valence-corrected chi connectivity index (χ2v) is 15.5. The summed E-state index contributed by atoms with van der Waals surface area (Å²) in [5.41, 5.74) is 19.8. The number of aromatic nitrogens is 1. The topological polar surface area (TPSA) is 8.17 Å². The molecule has 5 aromatic carbocycles. The first-order chi connectivity index (χ1) is 26.0. The maximum atomic E-state index is 2.46. The highest BCUT2D eigenvalue weighted by atomic mass is 15.1. The van der Waals surface area contributed by atoms with E-state index in [1.54, 1.807) is 0 Å². The number of allylic oxidation sites excluding steroid dienone is 9. The van der Waals surface area contributed by atoms with Crippen molar-refractivity contribution in [2.45, 2.75) is 57.8 Å². The molecule has 0 spiro atoms. The SMILES string of the molecule is CC1(C)C2=C(CCC=C2)c2ccc(N(c3ccc(C4=CC=CCC4)cc3)c3ccc(-c4ccc5c(c4)c4c(n5-c5ccccc5)CCC=C4)cc3)cc21. The molecule has 0 aliphatic heterocycles. The Morgan fingerprint density at radius 3 is 2.08 bits per heavy atom. The molecule has 4 aliphatic rings. The predicted octanol–water partition coefficient (Wildman–Crippen LogP) is 13.9. The Morgan fingerprint density at radius 1 is 0.604 bits per heavy atom. The Balaban J connectivity index is 1.05. The van der Waals surface area contributed by atoms with Crippen molar-refractivity contribution < 1.29 is 0 Å². The molecule has 4 aliphatic carbocycles. The molecule has 258 valence electrons. The van der Waals surface area contributed by atoms with E-state index in [1.807, 2.05) is 0 Å². The second-order valence-electron chi connectivity index (χ2n) is 15.5. The van der Waals surface area contributed by atoms with Gasteiger partial charge in [-0.15, -0.1) is 0 Å². The van der Waals surface area contributed by atoms with Crippen molar-refractivity contribution in [3.63, 3.8) is 0 Å². The molecule has 10 rings (SSSR count). The van der Waals surface area contributed by atoms with Gasteiger partial charge < -0.3 is 9.47 Å². The fourth-order valence-corrected chi connectivity index (χ4v) is 9.32. The van der Waals surface area contributed by atoms with Gasteiger partial charge in [0.05, 0.1) is 5.52 Å². The number of anilines is 3. The second kappa shape index (κ2) is 12.7. The Morgan fingerprint density at radius 2 is 1.30 bits per heavy atom. The van der Waals surface area contributed by atoms with Crippen LogP contribution in [0.3, 0.4) is 0 Å². The summed E-state index contributed by atoms with van der Waals surface area (Å²) in [5.74, 6) is 0. The molecule has 0 bridgehead atoms. The lowest BCUT2D eigenvalue weighted by Crippen LogP contribution is -2.18. The highest BCUT2D eigenvalue weighted by Crippen LogP contribution is 2.51. The molecule has 1 heterocycles. The van der Waals surface area contributed by atoms with Crippen molar-refractivity contribution in [2.24, 2.45) is 0 Å². The van der Waals surface area contributed by atoms with E-state index in [2.05, 4.69) is 181 Å². The molecule has 0 unspecified atom stereocenters. The van der Waals surface area contributed by atoms with Gasteiger partial charge in [0.1, 0.15) is 0 Å². The van der Waals surface area contributed by atoms with Gasteiger partial charge in [0, 0.05) is 44.8 Å². The molecular weight excluding hydrogens is 641 g/mol. The number of rotatable bonds is 6. The molecule has 53 heavy (non-hydrogen) atoms. The summed E-state index contributed by atoms with van der Waals surface area (Å²) in [6.45, 7) is 4.79. The number of fused-ring (bicyclic) bond motifs is 5. The fraction of sp³-hybridized carbons (Fsp3) is 0.176. The lowest BCUT2D eigenvalue weighted by molar-refractivity contribution is 0.651. The highest BCUT2D eigenvalue weighted by molar-refractivity contribution is 5.96. The van der Waals surface area contributed by atoms with Gasteiger partial charge in [-0.25, -0.2) is 0 Å². The Bertz CT molecular complexity index is 2550. The number of hydrogen-bond donors (Lipinski definition) is 0. The van der Waals surface area contributed by atoms with Gasteiger partial charge in [0.15, 0.2) is 0 Å². The molecule has 1 aromatic heterocycles. The van der Waals surface area contributed by atoms with E-state index >= 15 is 0 Å². The Labute approximate surface area is 313 Å². The van der Waals surface area contributed by atoms with E-state index in [4.69, 9.17) is 0 Å². The fourth-order valence-electron chi connectivity index (χ4n) is 9.32. The van der Waals surface area contributed by atoms with Gasteiger partial charge in [-0.1, -0.05) is 111 Å². The first-order valence-electron chi connectivity index (χ1n) is 19.4. The van der Waals surface area contributed by atoms with Crippen LogP contribution in [0.5, 0.6) is 0 Å². The van der Waals surface area contributed by atoms with E-state index in [1.165, 1.54) is 83.8 Å². The number of hydrogen-bond acceptors (Lipinski definition) is 1. The summed E-state index contributed by atoms with van der Waals surface area (Å²) in [4.78, 5) is 2.44. The average Bonchev–Trinajstić information content (AvgIpc) is 3.67. The molecular formula is C51H44N2. The summed E-state index contributed by atoms with van der Waals surface area (Å²) in [6.07, 6.45) is 22.7. The van der Waals surface area contributed by atoms with Crippen LogP contribution >= 0.6 is 0 Å². The summed E-state index contributed by atoms with van der Waals surface area (Å²) in [5, 5.41) is 1.32. The van der Waals surface area contributed by atoms with Crippen LogP contribution < -0.4 is 4.90 Å². The Hall–Kier alpha value is -5.86. The number of benzene rings is 5. The Kier molecular flexibility index (Phi) is 7.61. The zero-order valence-corrected chi connectivity index (χ0v) is 30.6. The first kappa shape index (κ1) is 31.8. The molecule has 0 saturated carbocycles. The largest absolute Gasteiger partial charge is 0.313 e. The first-order valence-corrected chi connectivity index (χ1v) is 19.4. The normalized spacial score (nSPS) is 16.8. The summed E-state index contributed by atoms with van der Waals surface area (Å²) < 4.78 is 2.46. The van der Waals surface area contributed by atoms with Crippen LogP contribution in [-0.2, 0) is 11.8 Å². The van der Waals surface area contributed by atoms with Crippen LogP contribution in [0.15, 0.2) is 157 Å². The van der Waals surface area contributed by atoms with Gasteiger partial charge in [-0.05, 0) is 144 Å². The maximum Gasteiger partial charge on any atom is 0.0538 e. The smallest absolute Gasteiger partial charge is 0.0538 e. The van der Waals surface area contributed by atoms with Crippen LogP contribution in [-0.4, -0.2) is 4.57 Å². The quantitative estimate of drug-likeness (QED) is 0.170. The average molecular weight is 685 g/mol. The van der Waals surface area contributed by atoms with E-state index < -0.39 is 0 Å². The van der Waals surface area contributed by atoms with Crippen molar-refractivity contribution in [3.8, 4) is 16.8 Å². The van der Waals surface area contributed by atoms with Gasteiger partial charge in [-0.2, -0.15) is 0 Å². The van der Waals surface area contributed by atoms with E-state index in [0.29, 0.717) is 0 Å². The number of para-hydroxylation sites is 1. The molecule has 2 heteroatoms. The van der Waals surface area contributed by atoms with Crippen LogP contribution in [0.25, 0.3) is 44.9 Å². The van der Waals surface area contributed by atoms with Crippen molar-refractivity contribution in [1.29, 1.82) is 0 Å². The minimum absolute atomic E-state index is 0.0234. The van der Waals surface area contributed by atoms with Crippen LogP contribution in [0.2, 0.25) is 0 Å². The minimum Gasteiger partial charge on any atom is -0.313 e. The molecule has 0 radical (unpaired) electrons. The third-order valence-corrected chi connectivity index (χ3v) is 12.0. The van der Waals surface area contributed by atoms with Crippen molar-refractivity contribution in [2.75, 3.05) is 4.90 Å². The standard InChI is InChI=1S/C51H44N2/c1-51(2)47-19-11-9-17-43(47)44-31-30-42(34-48(44)51)52(40-26-21-36(22-27-40)35-13-5-3-6-14-35)41-28-23-37(24-29-41)38-25-32-50-46(33-38)45-18-10-12-20-49(45)53(50)39-15-7-4-8-16-39/h3-5,7-8,10-11,13,15-16,18-19,21-34H,6,9,12,14,17,20H2,1-2H3. The van der Waals surface area contributed by atoms with Crippen molar-refractivity contribution >= 4 is 45.2 Å². The predicted molar refractivity (Wildman–Crippen MR) is 225 cm³/mol. The number of nitrogens with zero attached hydrogens (tertiary/aromatic N) is 2. The lowest BCUT2D eigenvalue weighted by Gasteiger charge is -2.29. The molecule has 0 amide bonds. The zero-order valence-electron chi connectivity index (χ0n) is 30.6. The molecule has 0 N–H and O–H groups in total. The van der Waals surface area contributed by atoms with Crippen molar-refractivity contribution in [1.82, 2.24) is 4.57 Å². The third kappa shape index (κ3) is 5.31. The summed E-state index contributed by atoms with van der Waals surface area (Å²) in [7, 11) is 0. The van der Waals surface area contributed by atoms with Gasteiger partial charge in [0.25, 0.3) is 0 Å². The van der Waals surface area contributed by atoms with Gasteiger partial charge in [-0.3, -0.25) is 0 Å². The van der Waals surface area contributed by atoms with E-state index in [-0.39, 0.29) is 5.41 Å². The molecule has 2 nitrogen and oxygen atoms in total. The molecule has 0 fully saturated rings. The zero-order chi connectivity index (χ0) is 35.5. The summed E-state index contributed by atoms with van der Waals surface area (Å²) >= 11 is 0. The maximum absolute atomic E-state index is 2.46. The minimum atomic E-state index is -0.0234. The van der Waals surface area contributed by atoms with Crippen molar-refractivity contribution in [3.05, 3.63) is 185 Å². The van der Waals surface area contributed by atoms with Crippen LogP contribution in [0, 0.1) is 0 Å². The third-order valence-electron chi connectivity index (χ3n) is 12.0. The van der Waals surface area contributed by atoms with E-state index in [9.17, 15) is 0 Å². The van der Waals surface area contributed by atoms with Crippen LogP contribution in [0.4, 0.5) is 17.1 Å². The summed E-state index contributed by atoms with van der Waals surface area (Å²) in [6, 6.07) is 43.4. The van der Waals surface area contributed by atoms with E-state index in [0.717, 1.165) is 44.2 Å². The van der Waals surface area contributed by atoms with Gasteiger partial charge >= 0.3 is 0 Å².